The Hall–Kier alpha value is -7.64. The molecule has 0 bridgehead atoms. The summed E-state index contributed by atoms with van der Waals surface area (Å²) in [6, 6.07) is 47.0. The molecule has 0 aliphatic heterocycles. The van der Waals surface area contributed by atoms with Crippen molar-refractivity contribution in [2.24, 2.45) is 0 Å². The van der Waals surface area contributed by atoms with Gasteiger partial charge in [0.05, 0.1) is 27.6 Å². The van der Waals surface area contributed by atoms with Gasteiger partial charge in [-0.3, -0.25) is 13.8 Å². The predicted molar refractivity (Wildman–Crippen MR) is 241 cm³/mol. The highest BCUT2D eigenvalue weighted by Crippen LogP contribution is 2.46. The molecule has 0 aliphatic rings. The lowest BCUT2D eigenvalue weighted by molar-refractivity contribution is 0.484. The van der Waals surface area contributed by atoms with E-state index >= 15 is 0 Å². The van der Waals surface area contributed by atoms with Gasteiger partial charge in [0, 0.05) is 39.5 Å². The van der Waals surface area contributed by atoms with Crippen LogP contribution in [0.1, 0.15) is 22.3 Å². The number of benzene rings is 7. The molecule has 0 spiro atoms. The molecule has 280 valence electrons. The first-order valence-corrected chi connectivity index (χ1v) is 20.0. The van der Waals surface area contributed by atoms with Gasteiger partial charge >= 0.3 is 0 Å². The molecule has 12 rings (SSSR count). The van der Waals surface area contributed by atoms with Crippen LogP contribution in [0, 0.1) is 27.7 Å². The standard InChI is InChI=1S/C52H36N6O/c1-29-11-9-12-30(2)45(29)38-24-23-37-35-21-19-33(27-39(35)50-55-41-15-5-7-17-43(41)57(50)49(37)47(38)46-31(3)13-10-14-32(46)4)59-34-20-22-36-40(28-34)51-56-42-16-6-8-18-44(42)58(51)52-48(36)53-25-26-54-52/h5-28H,1-4H3. The SMILES string of the molecule is Cc1cccc(C)c1-c1ccc2c3ccc(Oc4ccc5c(c4)c4nc6ccccc6n4c4nccnc54)cc3c3nc4ccccc4n3c2c1-c1c(C)cccc1C. The van der Waals surface area contributed by atoms with Gasteiger partial charge in [0.15, 0.2) is 5.65 Å². The number of ether oxygens (including phenoxy) is 1. The maximum absolute atomic E-state index is 6.78. The van der Waals surface area contributed by atoms with E-state index < -0.39 is 0 Å². The monoisotopic (exact) mass is 760 g/mol. The fourth-order valence-corrected chi connectivity index (χ4v) is 9.61. The molecule has 7 nitrogen and oxygen atoms in total. The van der Waals surface area contributed by atoms with Crippen molar-refractivity contribution in [3.8, 4) is 33.8 Å². The maximum atomic E-state index is 6.78. The number of pyridine rings is 2. The van der Waals surface area contributed by atoms with Crippen LogP contribution in [-0.2, 0) is 0 Å². The van der Waals surface area contributed by atoms with E-state index in [0.717, 1.165) is 82.7 Å². The molecule has 0 amide bonds. The van der Waals surface area contributed by atoms with E-state index in [0.29, 0.717) is 5.75 Å². The number of hydrogen-bond donors (Lipinski definition) is 0. The lowest BCUT2D eigenvalue weighted by Crippen LogP contribution is -2.00. The summed E-state index contributed by atoms with van der Waals surface area (Å²) in [5.41, 5.74) is 18.3. The first-order valence-electron chi connectivity index (χ1n) is 20.0. The Morgan fingerprint density at radius 3 is 1.64 bits per heavy atom. The highest BCUT2D eigenvalue weighted by molar-refractivity contribution is 6.19. The summed E-state index contributed by atoms with van der Waals surface area (Å²) < 4.78 is 11.3. The van der Waals surface area contributed by atoms with Crippen LogP contribution in [0.2, 0.25) is 0 Å². The third kappa shape index (κ3) is 4.82. The average molecular weight is 761 g/mol. The van der Waals surface area contributed by atoms with Crippen molar-refractivity contribution in [3.05, 3.63) is 168 Å². The Kier molecular flexibility index (Phi) is 7.06. The molecule has 0 aliphatic carbocycles. The molecule has 0 radical (unpaired) electrons. The van der Waals surface area contributed by atoms with Crippen LogP contribution < -0.4 is 4.74 Å². The van der Waals surface area contributed by atoms with Gasteiger partial charge in [-0.05, 0) is 133 Å². The number of fused-ring (bicyclic) bond motifs is 16. The van der Waals surface area contributed by atoms with Crippen LogP contribution in [0.3, 0.4) is 0 Å². The molecule has 59 heavy (non-hydrogen) atoms. The fraction of sp³-hybridized carbons (Fsp3) is 0.0769. The van der Waals surface area contributed by atoms with Gasteiger partial charge in [0.1, 0.15) is 28.3 Å². The lowest BCUT2D eigenvalue weighted by Gasteiger charge is -2.22. The van der Waals surface area contributed by atoms with Gasteiger partial charge in [-0.2, -0.15) is 0 Å². The second kappa shape index (κ2) is 12.4. The molecule has 7 heteroatoms. The Bertz CT molecular complexity index is 3720. The molecular formula is C52H36N6O. The zero-order chi connectivity index (χ0) is 39.5. The minimum atomic E-state index is 0.704. The highest BCUT2D eigenvalue weighted by Gasteiger charge is 2.24. The summed E-state index contributed by atoms with van der Waals surface area (Å²) in [6.45, 7) is 8.89. The van der Waals surface area contributed by atoms with E-state index in [1.807, 2.05) is 24.3 Å². The van der Waals surface area contributed by atoms with E-state index in [1.54, 1.807) is 12.4 Å². The molecular weight excluding hydrogens is 725 g/mol. The Balaban J connectivity index is 1.12. The minimum Gasteiger partial charge on any atom is -0.457 e. The minimum absolute atomic E-state index is 0.704. The second-order valence-electron chi connectivity index (χ2n) is 15.7. The third-order valence-electron chi connectivity index (χ3n) is 12.1. The highest BCUT2D eigenvalue weighted by atomic mass is 16.5. The van der Waals surface area contributed by atoms with Crippen molar-refractivity contribution in [1.82, 2.24) is 28.7 Å². The number of aromatic nitrogens is 6. The Morgan fingerprint density at radius 2 is 0.966 bits per heavy atom. The van der Waals surface area contributed by atoms with E-state index in [9.17, 15) is 0 Å². The predicted octanol–water partition coefficient (Wildman–Crippen LogP) is 13.1. The van der Waals surface area contributed by atoms with Crippen molar-refractivity contribution >= 4 is 77.0 Å². The topological polar surface area (TPSA) is 69.6 Å². The molecule has 0 atom stereocenters. The van der Waals surface area contributed by atoms with Gasteiger partial charge < -0.3 is 4.74 Å². The second-order valence-corrected chi connectivity index (χ2v) is 15.7. The molecule has 0 fully saturated rings. The number of aryl methyl sites for hydroxylation is 4. The first-order chi connectivity index (χ1) is 28.9. The molecule has 0 saturated carbocycles. The summed E-state index contributed by atoms with van der Waals surface area (Å²) in [4.78, 5) is 20.0. The van der Waals surface area contributed by atoms with E-state index in [2.05, 4.69) is 146 Å². The molecule has 0 saturated heterocycles. The van der Waals surface area contributed by atoms with Gasteiger partial charge in [-0.1, -0.05) is 72.8 Å². The van der Waals surface area contributed by atoms with Gasteiger partial charge in [-0.15, -0.1) is 0 Å². The van der Waals surface area contributed by atoms with Crippen molar-refractivity contribution in [2.75, 3.05) is 0 Å². The van der Waals surface area contributed by atoms with E-state index in [-0.39, 0.29) is 0 Å². The summed E-state index contributed by atoms with van der Waals surface area (Å²) >= 11 is 0. The number of para-hydroxylation sites is 4. The van der Waals surface area contributed by atoms with Crippen LogP contribution in [0.5, 0.6) is 11.5 Å². The zero-order valence-corrected chi connectivity index (χ0v) is 32.9. The molecule has 12 aromatic rings. The summed E-state index contributed by atoms with van der Waals surface area (Å²) in [6.07, 6.45) is 3.47. The van der Waals surface area contributed by atoms with Crippen molar-refractivity contribution in [1.29, 1.82) is 0 Å². The molecule has 7 aromatic carbocycles. The normalized spacial score (nSPS) is 12.1. The van der Waals surface area contributed by atoms with Crippen molar-refractivity contribution < 1.29 is 4.74 Å². The molecule has 0 unspecified atom stereocenters. The smallest absolute Gasteiger partial charge is 0.165 e. The summed E-state index contributed by atoms with van der Waals surface area (Å²) in [7, 11) is 0. The van der Waals surface area contributed by atoms with E-state index in [4.69, 9.17) is 24.7 Å². The summed E-state index contributed by atoms with van der Waals surface area (Å²) in [5, 5.41) is 5.20. The Labute approximate surface area is 338 Å². The quantitative estimate of drug-likeness (QED) is 0.167. The van der Waals surface area contributed by atoms with Crippen molar-refractivity contribution in [2.45, 2.75) is 27.7 Å². The zero-order valence-electron chi connectivity index (χ0n) is 32.9. The van der Waals surface area contributed by atoms with Crippen molar-refractivity contribution in [3.63, 3.8) is 0 Å². The maximum Gasteiger partial charge on any atom is 0.165 e. The number of hydrogen-bond acceptors (Lipinski definition) is 5. The first kappa shape index (κ1) is 33.5. The lowest BCUT2D eigenvalue weighted by atomic mass is 9.84. The molecule has 5 heterocycles. The van der Waals surface area contributed by atoms with Crippen LogP contribution in [0.15, 0.2) is 146 Å². The van der Waals surface area contributed by atoms with Gasteiger partial charge in [0.2, 0.25) is 0 Å². The third-order valence-corrected chi connectivity index (χ3v) is 12.1. The van der Waals surface area contributed by atoms with E-state index in [1.165, 1.54) is 44.5 Å². The van der Waals surface area contributed by atoms with Crippen LogP contribution in [-0.4, -0.2) is 28.7 Å². The number of nitrogens with zero attached hydrogens (tertiary/aromatic N) is 6. The van der Waals surface area contributed by atoms with Crippen LogP contribution >= 0.6 is 0 Å². The van der Waals surface area contributed by atoms with Gasteiger partial charge in [0.25, 0.3) is 0 Å². The Morgan fingerprint density at radius 1 is 0.424 bits per heavy atom. The fourth-order valence-electron chi connectivity index (χ4n) is 9.61. The number of rotatable bonds is 4. The largest absolute Gasteiger partial charge is 0.457 e. The molecule has 0 N–H and O–H groups in total. The molecule has 5 aromatic heterocycles. The van der Waals surface area contributed by atoms with Crippen LogP contribution in [0.25, 0.3) is 99.2 Å². The van der Waals surface area contributed by atoms with Crippen LogP contribution in [0.4, 0.5) is 0 Å². The summed E-state index contributed by atoms with van der Waals surface area (Å²) in [5.74, 6) is 1.42. The average Bonchev–Trinajstić information content (AvgIpc) is 3.84. The van der Waals surface area contributed by atoms with Gasteiger partial charge in [-0.25, -0.2) is 15.0 Å². The number of imidazole rings is 2.